The lowest BCUT2D eigenvalue weighted by molar-refractivity contribution is 0.0553. The van der Waals surface area contributed by atoms with Crippen molar-refractivity contribution in [2.75, 3.05) is 6.61 Å². The van der Waals surface area contributed by atoms with E-state index in [1.165, 1.54) is 10.6 Å². The summed E-state index contributed by atoms with van der Waals surface area (Å²) in [7, 11) is 0. The van der Waals surface area contributed by atoms with Crippen LogP contribution in [0.3, 0.4) is 0 Å². The topological polar surface area (TPSA) is 48.1 Å². The molecular weight excluding hydrogens is 256 g/mol. The molecule has 0 saturated carbocycles. The van der Waals surface area contributed by atoms with E-state index in [-0.39, 0.29) is 17.6 Å². The highest BCUT2D eigenvalue weighted by Crippen LogP contribution is 2.43. The Hall–Kier alpha value is -0.450. The third kappa shape index (κ3) is 3.36. The van der Waals surface area contributed by atoms with Crippen molar-refractivity contribution in [2.24, 2.45) is 11.1 Å². The molecule has 1 aliphatic carbocycles. The zero-order chi connectivity index (χ0) is 14.0. The van der Waals surface area contributed by atoms with Crippen LogP contribution in [0, 0.1) is 5.41 Å². The number of hydrogen-bond donors (Lipinski definition) is 1. The number of hydrogen-bond acceptors (Lipinski definition) is 4. The summed E-state index contributed by atoms with van der Waals surface area (Å²) < 4.78 is 5.84. The van der Waals surface area contributed by atoms with E-state index >= 15 is 0 Å². The molecule has 2 N–H and O–H groups in total. The summed E-state index contributed by atoms with van der Waals surface area (Å²) in [6.45, 7) is 9.54. The maximum absolute atomic E-state index is 6.31. The molecule has 1 heterocycles. The van der Waals surface area contributed by atoms with Gasteiger partial charge in [-0.05, 0) is 31.6 Å². The van der Waals surface area contributed by atoms with Crippen molar-refractivity contribution in [3.05, 3.63) is 15.6 Å². The average Bonchev–Trinajstić information content (AvgIpc) is 2.71. The highest BCUT2D eigenvalue weighted by molar-refractivity contribution is 7.11. The molecule has 3 nitrogen and oxygen atoms in total. The van der Waals surface area contributed by atoms with Crippen LogP contribution in [0.25, 0.3) is 0 Å². The third-order valence-electron chi connectivity index (χ3n) is 3.69. The molecule has 1 aliphatic rings. The molecule has 0 spiro atoms. The molecule has 2 atom stereocenters. The first-order chi connectivity index (χ1) is 8.96. The van der Waals surface area contributed by atoms with Gasteiger partial charge in [-0.15, -0.1) is 11.3 Å². The molecule has 0 aliphatic heterocycles. The molecule has 2 rings (SSSR count). The summed E-state index contributed by atoms with van der Waals surface area (Å²) in [5.41, 5.74) is 7.79. The van der Waals surface area contributed by atoms with Crippen molar-refractivity contribution in [1.29, 1.82) is 0 Å². The monoisotopic (exact) mass is 282 g/mol. The van der Waals surface area contributed by atoms with Gasteiger partial charge in [0.25, 0.3) is 0 Å². The summed E-state index contributed by atoms with van der Waals surface area (Å²) in [5.74, 6) is 0. The van der Waals surface area contributed by atoms with Gasteiger partial charge in [-0.3, -0.25) is 0 Å². The first kappa shape index (κ1) is 14.9. The molecule has 4 heteroatoms. The Morgan fingerprint density at radius 1 is 1.47 bits per heavy atom. The largest absolute Gasteiger partial charge is 0.371 e. The van der Waals surface area contributed by atoms with Crippen molar-refractivity contribution in [3.8, 4) is 0 Å². The summed E-state index contributed by atoms with van der Waals surface area (Å²) in [6.07, 6.45) is 4.40. The first-order valence-corrected chi connectivity index (χ1v) is 8.15. The number of aromatic nitrogens is 1. The van der Waals surface area contributed by atoms with Crippen LogP contribution < -0.4 is 5.73 Å². The maximum atomic E-state index is 6.31. The lowest BCUT2D eigenvalue weighted by atomic mass is 9.77. The summed E-state index contributed by atoms with van der Waals surface area (Å²) in [5, 5.41) is 1.13. The first-order valence-electron chi connectivity index (χ1n) is 7.33. The zero-order valence-electron chi connectivity index (χ0n) is 12.5. The van der Waals surface area contributed by atoms with E-state index in [1.54, 1.807) is 11.3 Å². The molecule has 19 heavy (non-hydrogen) atoms. The van der Waals surface area contributed by atoms with E-state index in [0.29, 0.717) is 0 Å². The SMILES string of the molecule is CCCC(OCC)c1nc2c(s1)C(N)CC(C)(C)C2. The molecule has 0 bridgehead atoms. The second kappa shape index (κ2) is 5.90. The zero-order valence-corrected chi connectivity index (χ0v) is 13.3. The van der Waals surface area contributed by atoms with Gasteiger partial charge >= 0.3 is 0 Å². The van der Waals surface area contributed by atoms with Crippen molar-refractivity contribution < 1.29 is 4.74 Å². The molecule has 0 amide bonds. The highest BCUT2D eigenvalue weighted by Gasteiger charge is 2.34. The third-order valence-corrected chi connectivity index (χ3v) is 5.02. The normalized spacial score (nSPS) is 23.1. The number of rotatable bonds is 5. The van der Waals surface area contributed by atoms with Crippen LogP contribution >= 0.6 is 11.3 Å². The lowest BCUT2D eigenvalue weighted by Crippen LogP contribution is -2.28. The Bertz CT molecular complexity index is 422. The second-order valence-corrected chi connectivity index (χ2v) is 7.31. The molecule has 1 aromatic rings. The van der Waals surface area contributed by atoms with E-state index in [0.717, 1.165) is 37.3 Å². The van der Waals surface area contributed by atoms with Crippen molar-refractivity contribution in [1.82, 2.24) is 4.98 Å². The van der Waals surface area contributed by atoms with E-state index < -0.39 is 0 Å². The van der Waals surface area contributed by atoms with Crippen molar-refractivity contribution >= 4 is 11.3 Å². The molecule has 108 valence electrons. The molecule has 1 aromatic heterocycles. The molecule has 0 aromatic carbocycles. The van der Waals surface area contributed by atoms with Gasteiger partial charge < -0.3 is 10.5 Å². The van der Waals surface area contributed by atoms with Crippen LogP contribution in [-0.4, -0.2) is 11.6 Å². The average molecular weight is 282 g/mol. The van der Waals surface area contributed by atoms with Crippen molar-refractivity contribution in [2.45, 2.75) is 65.5 Å². The van der Waals surface area contributed by atoms with Gasteiger partial charge in [0.15, 0.2) is 0 Å². The van der Waals surface area contributed by atoms with Gasteiger partial charge in [-0.1, -0.05) is 27.2 Å². The van der Waals surface area contributed by atoms with Gasteiger partial charge in [-0.2, -0.15) is 0 Å². The lowest BCUT2D eigenvalue weighted by Gasteiger charge is -2.32. The summed E-state index contributed by atoms with van der Waals surface area (Å²) in [4.78, 5) is 6.14. The number of thiazole rings is 1. The maximum Gasteiger partial charge on any atom is 0.122 e. The minimum absolute atomic E-state index is 0.147. The summed E-state index contributed by atoms with van der Waals surface area (Å²) >= 11 is 1.77. The van der Waals surface area contributed by atoms with Gasteiger partial charge in [0.2, 0.25) is 0 Å². The van der Waals surface area contributed by atoms with E-state index in [9.17, 15) is 0 Å². The smallest absolute Gasteiger partial charge is 0.122 e. The van der Waals surface area contributed by atoms with Gasteiger partial charge in [0.1, 0.15) is 11.1 Å². The minimum atomic E-state index is 0.147. The molecule has 0 saturated heterocycles. The predicted octanol–water partition coefficient (Wildman–Crippen LogP) is 3.99. The fourth-order valence-electron chi connectivity index (χ4n) is 2.89. The fraction of sp³-hybridized carbons (Fsp3) is 0.800. The van der Waals surface area contributed by atoms with Gasteiger partial charge in [0, 0.05) is 17.5 Å². The van der Waals surface area contributed by atoms with E-state index in [1.807, 2.05) is 6.92 Å². The quantitative estimate of drug-likeness (QED) is 0.888. The number of nitrogens with zero attached hydrogens (tertiary/aromatic N) is 1. The predicted molar refractivity (Wildman–Crippen MR) is 80.4 cm³/mol. The Balaban J connectivity index is 2.25. The number of nitrogens with two attached hydrogens (primary N) is 1. The van der Waals surface area contributed by atoms with Crippen molar-refractivity contribution in [3.63, 3.8) is 0 Å². The second-order valence-electron chi connectivity index (χ2n) is 6.25. The Labute approximate surface area is 120 Å². The fourth-order valence-corrected chi connectivity index (χ4v) is 4.06. The van der Waals surface area contributed by atoms with Crippen LogP contribution in [0.5, 0.6) is 0 Å². The number of fused-ring (bicyclic) bond motifs is 1. The molecule has 0 radical (unpaired) electrons. The van der Waals surface area contributed by atoms with Crippen LogP contribution in [0.4, 0.5) is 0 Å². The van der Waals surface area contributed by atoms with Gasteiger partial charge in [-0.25, -0.2) is 4.98 Å². The standard InChI is InChI=1S/C15H26N2OS/c1-5-7-12(18-6-2)14-17-11-9-15(3,4)8-10(16)13(11)19-14/h10,12H,5-9,16H2,1-4H3. The van der Waals surface area contributed by atoms with E-state index in [2.05, 4.69) is 20.8 Å². The van der Waals surface area contributed by atoms with Gasteiger partial charge in [0.05, 0.1) is 5.69 Å². The van der Waals surface area contributed by atoms with Crippen LogP contribution in [0.1, 0.15) is 74.7 Å². The van der Waals surface area contributed by atoms with E-state index in [4.69, 9.17) is 15.5 Å². The summed E-state index contributed by atoms with van der Waals surface area (Å²) in [6, 6.07) is 0.147. The Morgan fingerprint density at radius 3 is 2.84 bits per heavy atom. The minimum Gasteiger partial charge on any atom is -0.371 e. The molecular formula is C15H26N2OS. The Kier molecular flexibility index (Phi) is 4.64. The Morgan fingerprint density at radius 2 is 2.21 bits per heavy atom. The highest BCUT2D eigenvalue weighted by atomic mass is 32.1. The van der Waals surface area contributed by atoms with Crippen LogP contribution in [0.15, 0.2) is 0 Å². The molecule has 2 unspecified atom stereocenters. The van der Waals surface area contributed by atoms with Crippen LogP contribution in [-0.2, 0) is 11.2 Å². The molecule has 0 fully saturated rings. The van der Waals surface area contributed by atoms with Crippen LogP contribution in [0.2, 0.25) is 0 Å². The number of ether oxygens (including phenoxy) is 1.